The number of hydrogen-bond donors (Lipinski definition) is 0. The molecule has 16 heavy (non-hydrogen) atoms. The van der Waals surface area contributed by atoms with Crippen LogP contribution in [0.25, 0.3) is 0 Å². The maximum absolute atomic E-state index is 3.66. The van der Waals surface area contributed by atoms with E-state index < -0.39 is 0 Å². The predicted octanol–water partition coefficient (Wildman–Crippen LogP) is 5.10. The fourth-order valence-corrected chi connectivity index (χ4v) is 3.54. The van der Waals surface area contributed by atoms with Crippen LogP contribution in [0.3, 0.4) is 0 Å². The van der Waals surface area contributed by atoms with Crippen LogP contribution in [0.15, 0.2) is 18.2 Å². The molecule has 1 heteroatoms. The second kappa shape index (κ2) is 3.60. The lowest BCUT2D eigenvalue weighted by Gasteiger charge is -2.22. The summed E-state index contributed by atoms with van der Waals surface area (Å²) in [5.41, 5.74) is 5.11. The lowest BCUT2D eigenvalue weighted by atomic mass is 9.82. The van der Waals surface area contributed by atoms with Crippen molar-refractivity contribution in [2.45, 2.75) is 56.7 Å². The summed E-state index contributed by atoms with van der Waals surface area (Å²) in [7, 11) is 0. The summed E-state index contributed by atoms with van der Waals surface area (Å²) in [4.78, 5) is 0.442. The fraction of sp³-hybridized carbons (Fsp3) is 0.600. The quantitative estimate of drug-likeness (QED) is 0.628. The van der Waals surface area contributed by atoms with Crippen LogP contribution in [0.5, 0.6) is 0 Å². The Morgan fingerprint density at radius 1 is 1.06 bits per heavy atom. The summed E-state index contributed by atoms with van der Waals surface area (Å²) in [6, 6.07) is 6.99. The van der Waals surface area contributed by atoms with Crippen molar-refractivity contribution in [3.63, 3.8) is 0 Å². The highest BCUT2D eigenvalue weighted by Crippen LogP contribution is 2.49. The number of benzene rings is 1. The van der Waals surface area contributed by atoms with Gasteiger partial charge < -0.3 is 0 Å². The van der Waals surface area contributed by atoms with E-state index in [1.165, 1.54) is 17.5 Å². The fourth-order valence-electron chi connectivity index (χ4n) is 3.25. The van der Waals surface area contributed by atoms with Crippen LogP contribution in [-0.2, 0) is 10.8 Å². The molecule has 0 saturated carbocycles. The Morgan fingerprint density at radius 2 is 1.62 bits per heavy atom. The maximum atomic E-state index is 3.66. The molecular formula is C15H21Br. The molecule has 1 atom stereocenters. The third kappa shape index (κ3) is 1.84. The molecular weight excluding hydrogens is 260 g/mol. The molecule has 0 saturated heterocycles. The number of alkyl halides is 1. The van der Waals surface area contributed by atoms with Gasteiger partial charge in [-0.05, 0) is 40.9 Å². The average molecular weight is 281 g/mol. The summed E-state index contributed by atoms with van der Waals surface area (Å²) in [5, 5.41) is 0. The summed E-state index contributed by atoms with van der Waals surface area (Å²) < 4.78 is 0. The van der Waals surface area contributed by atoms with E-state index in [-0.39, 0.29) is 0 Å². The van der Waals surface area contributed by atoms with E-state index in [0.717, 1.165) is 0 Å². The van der Waals surface area contributed by atoms with Crippen molar-refractivity contribution < 1.29 is 0 Å². The van der Waals surface area contributed by atoms with Gasteiger partial charge in [-0.15, -0.1) is 0 Å². The van der Waals surface area contributed by atoms with Gasteiger partial charge in [-0.1, -0.05) is 61.8 Å². The lowest BCUT2D eigenvalue weighted by Crippen LogP contribution is -2.17. The molecule has 0 radical (unpaired) electrons. The van der Waals surface area contributed by atoms with Crippen molar-refractivity contribution in [3.8, 4) is 0 Å². The van der Waals surface area contributed by atoms with Gasteiger partial charge in [-0.25, -0.2) is 0 Å². The maximum Gasteiger partial charge on any atom is 0.0367 e. The van der Waals surface area contributed by atoms with Gasteiger partial charge in [0.2, 0.25) is 0 Å². The van der Waals surface area contributed by atoms with Gasteiger partial charge in [0.25, 0.3) is 0 Å². The third-order valence-corrected chi connectivity index (χ3v) is 4.37. The van der Waals surface area contributed by atoms with Crippen molar-refractivity contribution in [1.82, 2.24) is 0 Å². The van der Waals surface area contributed by atoms with Crippen LogP contribution in [0.1, 0.15) is 62.6 Å². The van der Waals surface area contributed by atoms with Crippen molar-refractivity contribution in [3.05, 3.63) is 34.9 Å². The van der Waals surface area contributed by atoms with Crippen molar-refractivity contribution in [1.29, 1.82) is 0 Å². The SMILES string of the molecule is CC(Br)c1ccc2c(c1)C(C)(C)CC2(C)C. The van der Waals surface area contributed by atoms with E-state index >= 15 is 0 Å². The van der Waals surface area contributed by atoms with Crippen molar-refractivity contribution in [2.75, 3.05) is 0 Å². The first-order valence-corrected chi connectivity index (χ1v) is 6.95. The van der Waals surface area contributed by atoms with Crippen LogP contribution in [0.4, 0.5) is 0 Å². The zero-order valence-electron chi connectivity index (χ0n) is 10.9. The minimum absolute atomic E-state index is 0.316. The summed E-state index contributed by atoms with van der Waals surface area (Å²) in [6.07, 6.45) is 1.25. The molecule has 0 fully saturated rings. The molecule has 0 bridgehead atoms. The highest BCUT2D eigenvalue weighted by atomic mass is 79.9. The summed E-state index contributed by atoms with van der Waals surface area (Å²) >= 11 is 3.66. The molecule has 1 aromatic carbocycles. The van der Waals surface area contributed by atoms with E-state index in [9.17, 15) is 0 Å². The lowest BCUT2D eigenvalue weighted by molar-refractivity contribution is 0.403. The topological polar surface area (TPSA) is 0 Å². The normalized spacial score (nSPS) is 22.9. The highest BCUT2D eigenvalue weighted by Gasteiger charge is 2.41. The van der Waals surface area contributed by atoms with Crippen LogP contribution in [-0.4, -0.2) is 0 Å². The number of halogens is 1. The molecule has 0 aromatic heterocycles. The number of rotatable bonds is 1. The van der Waals surface area contributed by atoms with Crippen molar-refractivity contribution >= 4 is 15.9 Å². The Morgan fingerprint density at radius 3 is 2.19 bits per heavy atom. The smallest absolute Gasteiger partial charge is 0.0367 e. The average Bonchev–Trinajstić information content (AvgIpc) is 2.32. The number of hydrogen-bond acceptors (Lipinski definition) is 0. The van der Waals surface area contributed by atoms with Gasteiger partial charge >= 0.3 is 0 Å². The highest BCUT2D eigenvalue weighted by molar-refractivity contribution is 9.09. The monoisotopic (exact) mass is 280 g/mol. The van der Waals surface area contributed by atoms with Gasteiger partial charge in [0.05, 0.1) is 0 Å². The molecule has 0 heterocycles. The molecule has 0 nitrogen and oxygen atoms in total. The van der Waals surface area contributed by atoms with E-state index in [4.69, 9.17) is 0 Å². The molecule has 0 N–H and O–H groups in total. The van der Waals surface area contributed by atoms with Gasteiger partial charge in [-0.3, -0.25) is 0 Å². The standard InChI is InChI=1S/C15H21Br/c1-10(16)11-6-7-12-13(8-11)15(4,5)9-14(12,2)3/h6-8,10H,9H2,1-5H3. The molecule has 88 valence electrons. The first-order valence-electron chi connectivity index (χ1n) is 6.03. The van der Waals surface area contributed by atoms with Crippen LogP contribution in [0.2, 0.25) is 0 Å². The molecule has 0 amide bonds. The van der Waals surface area contributed by atoms with E-state index in [0.29, 0.717) is 15.7 Å². The predicted molar refractivity (Wildman–Crippen MR) is 74.5 cm³/mol. The Hall–Kier alpha value is -0.300. The minimum atomic E-state index is 0.316. The molecule has 0 aliphatic heterocycles. The Kier molecular flexibility index (Phi) is 2.73. The third-order valence-electron chi connectivity index (χ3n) is 3.85. The van der Waals surface area contributed by atoms with Crippen LogP contribution >= 0.6 is 15.9 Å². The van der Waals surface area contributed by atoms with Crippen LogP contribution < -0.4 is 0 Å². The second-order valence-corrected chi connectivity index (χ2v) is 7.74. The Labute approximate surface area is 108 Å². The first-order chi connectivity index (χ1) is 7.24. The zero-order valence-corrected chi connectivity index (χ0v) is 12.5. The van der Waals surface area contributed by atoms with Gasteiger partial charge in [0.15, 0.2) is 0 Å². The van der Waals surface area contributed by atoms with E-state index in [1.54, 1.807) is 5.56 Å². The summed E-state index contributed by atoms with van der Waals surface area (Å²) in [5.74, 6) is 0. The number of fused-ring (bicyclic) bond motifs is 1. The van der Waals surface area contributed by atoms with Crippen molar-refractivity contribution in [2.24, 2.45) is 0 Å². The summed E-state index contributed by atoms with van der Waals surface area (Å²) in [6.45, 7) is 11.6. The molecule has 2 rings (SSSR count). The molecule has 1 unspecified atom stereocenters. The molecule has 1 aliphatic carbocycles. The molecule has 1 aromatic rings. The second-order valence-electron chi connectivity index (χ2n) is 6.37. The van der Waals surface area contributed by atoms with Gasteiger partial charge in [0, 0.05) is 4.83 Å². The molecule has 0 spiro atoms. The van der Waals surface area contributed by atoms with E-state index in [1.807, 2.05) is 0 Å². The molecule has 1 aliphatic rings. The zero-order chi connectivity index (χ0) is 12.1. The van der Waals surface area contributed by atoms with Crippen LogP contribution in [0, 0.1) is 0 Å². The van der Waals surface area contributed by atoms with Gasteiger partial charge in [0.1, 0.15) is 0 Å². The van der Waals surface area contributed by atoms with Gasteiger partial charge in [-0.2, -0.15) is 0 Å². The first kappa shape index (κ1) is 12.2. The van der Waals surface area contributed by atoms with E-state index in [2.05, 4.69) is 68.7 Å². The Balaban J connectivity index is 2.59. The minimum Gasteiger partial charge on any atom is -0.0842 e. The largest absolute Gasteiger partial charge is 0.0842 e. The Bertz CT molecular complexity index is 413.